The van der Waals surface area contributed by atoms with E-state index in [2.05, 4.69) is 21.9 Å². The molecule has 0 unspecified atom stereocenters. The highest BCUT2D eigenvalue weighted by Crippen LogP contribution is 2.33. The summed E-state index contributed by atoms with van der Waals surface area (Å²) in [7, 11) is 0. The Kier molecular flexibility index (Phi) is 7.05. The number of halogens is 1. The first-order valence-corrected chi connectivity index (χ1v) is 13.3. The van der Waals surface area contributed by atoms with Gasteiger partial charge in [-0.25, -0.2) is 4.39 Å². The molecule has 3 aliphatic heterocycles. The van der Waals surface area contributed by atoms with Crippen LogP contribution < -0.4 is 19.1 Å². The zero-order valence-electron chi connectivity index (χ0n) is 21.4. The summed E-state index contributed by atoms with van der Waals surface area (Å²) in [5, 5.41) is 0. The Bertz CT molecular complexity index is 1270. The highest BCUT2D eigenvalue weighted by molar-refractivity contribution is 5.95. The van der Waals surface area contributed by atoms with Crippen molar-refractivity contribution in [1.29, 1.82) is 0 Å². The molecule has 8 heteroatoms. The molecule has 3 aromatic carbocycles. The molecule has 1 amide bonds. The number of ether oxygens (including phenoxy) is 3. The van der Waals surface area contributed by atoms with Crippen LogP contribution in [0.4, 0.5) is 10.1 Å². The molecule has 3 aromatic rings. The maximum Gasteiger partial charge on any atom is 0.253 e. The number of fused-ring (bicyclic) bond motifs is 1. The molecule has 7 nitrogen and oxygen atoms in total. The molecule has 0 radical (unpaired) electrons. The number of nitrogens with zero attached hydrogens (tertiary/aromatic N) is 3. The largest absolute Gasteiger partial charge is 0.490 e. The molecule has 0 bridgehead atoms. The van der Waals surface area contributed by atoms with E-state index in [-0.39, 0.29) is 24.6 Å². The maximum atomic E-state index is 14.1. The van der Waals surface area contributed by atoms with E-state index in [9.17, 15) is 9.18 Å². The average Bonchev–Trinajstić information content (AvgIpc) is 3.43. The molecule has 38 heavy (non-hydrogen) atoms. The SMILES string of the molecule is O=C(c1ccc2c(c1)OCO2)N1CCC(Oc2ccc(CN3CCN(c4ccccc4F)CC3)cc2)CC1. The molecule has 0 N–H and O–H groups in total. The first-order chi connectivity index (χ1) is 18.6. The van der Waals surface area contributed by atoms with Crippen LogP contribution in [0, 0.1) is 5.82 Å². The smallest absolute Gasteiger partial charge is 0.253 e. The second-order valence-electron chi connectivity index (χ2n) is 10.0. The van der Waals surface area contributed by atoms with Crippen LogP contribution in [0.3, 0.4) is 0 Å². The van der Waals surface area contributed by atoms with Gasteiger partial charge in [0.05, 0.1) is 5.69 Å². The van der Waals surface area contributed by atoms with Gasteiger partial charge in [-0.05, 0) is 48.0 Å². The van der Waals surface area contributed by atoms with Gasteiger partial charge in [-0.1, -0.05) is 24.3 Å². The van der Waals surface area contributed by atoms with E-state index in [1.807, 2.05) is 29.2 Å². The lowest BCUT2D eigenvalue weighted by atomic mass is 10.1. The normalized spacial score (nSPS) is 18.0. The summed E-state index contributed by atoms with van der Waals surface area (Å²) in [4.78, 5) is 19.3. The second kappa shape index (κ2) is 10.9. The van der Waals surface area contributed by atoms with Gasteiger partial charge in [0.25, 0.3) is 5.91 Å². The van der Waals surface area contributed by atoms with Crippen molar-refractivity contribution in [2.75, 3.05) is 51.0 Å². The maximum absolute atomic E-state index is 14.1. The summed E-state index contributed by atoms with van der Waals surface area (Å²) in [5.74, 6) is 2.03. The third kappa shape index (κ3) is 5.41. The van der Waals surface area contributed by atoms with E-state index in [0.717, 1.165) is 51.3 Å². The third-order valence-electron chi connectivity index (χ3n) is 7.55. The number of amides is 1. The fourth-order valence-corrected chi connectivity index (χ4v) is 5.37. The lowest BCUT2D eigenvalue weighted by molar-refractivity contribution is 0.0595. The lowest BCUT2D eigenvalue weighted by Gasteiger charge is -2.36. The van der Waals surface area contributed by atoms with Crippen molar-refractivity contribution >= 4 is 11.6 Å². The van der Waals surface area contributed by atoms with E-state index in [0.29, 0.717) is 35.8 Å². The van der Waals surface area contributed by atoms with Crippen LogP contribution in [0.5, 0.6) is 17.2 Å². The molecule has 3 heterocycles. The van der Waals surface area contributed by atoms with Gasteiger partial charge >= 0.3 is 0 Å². The third-order valence-corrected chi connectivity index (χ3v) is 7.55. The fraction of sp³-hybridized carbons (Fsp3) is 0.367. The zero-order valence-corrected chi connectivity index (χ0v) is 21.4. The van der Waals surface area contributed by atoms with Gasteiger partial charge < -0.3 is 24.0 Å². The minimum absolute atomic E-state index is 0.0147. The van der Waals surface area contributed by atoms with Gasteiger partial charge in [0, 0.05) is 64.2 Å². The molecule has 3 aliphatic rings. The number of benzene rings is 3. The van der Waals surface area contributed by atoms with Crippen molar-refractivity contribution in [2.24, 2.45) is 0 Å². The highest BCUT2D eigenvalue weighted by atomic mass is 19.1. The number of anilines is 1. The lowest BCUT2D eigenvalue weighted by Crippen LogP contribution is -2.46. The molecule has 2 fully saturated rings. The Morgan fingerprint density at radius 1 is 0.868 bits per heavy atom. The minimum atomic E-state index is -0.154. The Balaban J connectivity index is 0.955. The molecule has 198 valence electrons. The molecule has 0 aromatic heterocycles. The highest BCUT2D eigenvalue weighted by Gasteiger charge is 2.26. The Labute approximate surface area is 222 Å². The van der Waals surface area contributed by atoms with Gasteiger partial charge in [-0.15, -0.1) is 0 Å². The van der Waals surface area contributed by atoms with Crippen molar-refractivity contribution in [1.82, 2.24) is 9.80 Å². The monoisotopic (exact) mass is 517 g/mol. The summed E-state index contributed by atoms with van der Waals surface area (Å²) in [6.45, 7) is 5.82. The van der Waals surface area contributed by atoms with Gasteiger partial charge in [-0.3, -0.25) is 9.69 Å². The van der Waals surface area contributed by atoms with Gasteiger partial charge in [0.15, 0.2) is 11.5 Å². The first-order valence-electron chi connectivity index (χ1n) is 13.3. The van der Waals surface area contributed by atoms with E-state index in [4.69, 9.17) is 14.2 Å². The predicted octanol–water partition coefficient (Wildman–Crippen LogP) is 4.56. The zero-order chi connectivity index (χ0) is 25.9. The number of hydrogen-bond acceptors (Lipinski definition) is 6. The molecule has 0 spiro atoms. The van der Waals surface area contributed by atoms with Crippen molar-refractivity contribution in [2.45, 2.75) is 25.5 Å². The van der Waals surface area contributed by atoms with E-state index < -0.39 is 0 Å². The predicted molar refractivity (Wildman–Crippen MR) is 142 cm³/mol. The van der Waals surface area contributed by atoms with Gasteiger partial charge in [-0.2, -0.15) is 0 Å². The van der Waals surface area contributed by atoms with Crippen molar-refractivity contribution in [3.63, 3.8) is 0 Å². The fourth-order valence-electron chi connectivity index (χ4n) is 5.37. The molecule has 6 rings (SSSR count). The van der Waals surface area contributed by atoms with Crippen LogP contribution in [-0.4, -0.2) is 67.9 Å². The summed E-state index contributed by atoms with van der Waals surface area (Å²) in [6, 6.07) is 20.7. The second-order valence-corrected chi connectivity index (χ2v) is 10.0. The first kappa shape index (κ1) is 24.6. The number of likely N-dealkylation sites (tertiary alicyclic amines) is 1. The van der Waals surface area contributed by atoms with E-state index in [1.165, 1.54) is 11.6 Å². The van der Waals surface area contributed by atoms with E-state index in [1.54, 1.807) is 24.3 Å². The number of piperazine rings is 1. The van der Waals surface area contributed by atoms with Gasteiger partial charge in [0.1, 0.15) is 17.7 Å². The summed E-state index contributed by atoms with van der Waals surface area (Å²) >= 11 is 0. The number of piperidine rings is 1. The molecular weight excluding hydrogens is 485 g/mol. The van der Waals surface area contributed by atoms with Crippen molar-refractivity contribution in [3.8, 4) is 17.2 Å². The summed E-state index contributed by atoms with van der Waals surface area (Å²) < 4.78 is 31.1. The quantitative estimate of drug-likeness (QED) is 0.478. The van der Waals surface area contributed by atoms with Crippen molar-refractivity contribution in [3.05, 3.63) is 83.7 Å². The number of carbonyl (C=O) groups excluding carboxylic acids is 1. The number of hydrogen-bond donors (Lipinski definition) is 0. The van der Waals surface area contributed by atoms with Crippen molar-refractivity contribution < 1.29 is 23.4 Å². The molecule has 2 saturated heterocycles. The number of rotatable bonds is 6. The van der Waals surface area contributed by atoms with Crippen LogP contribution in [-0.2, 0) is 6.54 Å². The van der Waals surface area contributed by atoms with Crippen LogP contribution >= 0.6 is 0 Å². The summed E-state index contributed by atoms with van der Waals surface area (Å²) in [6.07, 6.45) is 1.68. The number of para-hydroxylation sites is 1. The number of carbonyl (C=O) groups is 1. The van der Waals surface area contributed by atoms with Gasteiger partial charge in [0.2, 0.25) is 6.79 Å². The standard InChI is InChI=1S/C30H32FN3O4/c31-26-3-1-2-4-27(26)33-17-15-32(16-18-33)20-22-5-8-24(9-6-22)38-25-11-13-34(14-12-25)30(35)23-7-10-28-29(19-23)37-21-36-28/h1-10,19,25H,11-18,20-21H2. The minimum Gasteiger partial charge on any atom is -0.490 e. The molecular formula is C30H32FN3O4. The van der Waals surface area contributed by atoms with Crippen LogP contribution in [0.25, 0.3) is 0 Å². The molecule has 0 aliphatic carbocycles. The van der Waals surface area contributed by atoms with E-state index >= 15 is 0 Å². The molecule has 0 atom stereocenters. The van der Waals surface area contributed by atoms with Crippen LogP contribution in [0.2, 0.25) is 0 Å². The Hall–Kier alpha value is -3.78. The topological polar surface area (TPSA) is 54.5 Å². The van der Waals surface area contributed by atoms with Crippen LogP contribution in [0.1, 0.15) is 28.8 Å². The Morgan fingerprint density at radius 2 is 1.61 bits per heavy atom. The average molecular weight is 518 g/mol. The summed E-state index contributed by atoms with van der Waals surface area (Å²) in [5.41, 5.74) is 2.55. The Morgan fingerprint density at radius 3 is 2.37 bits per heavy atom. The van der Waals surface area contributed by atoms with Crippen LogP contribution in [0.15, 0.2) is 66.7 Å². The molecule has 0 saturated carbocycles.